The summed E-state index contributed by atoms with van der Waals surface area (Å²) in [6.07, 6.45) is 4.13. The van der Waals surface area contributed by atoms with Gasteiger partial charge in [-0.05, 0) is 66.9 Å². The average molecular weight is 453 g/mol. The molecule has 0 amide bonds. The van der Waals surface area contributed by atoms with Crippen molar-refractivity contribution in [1.82, 2.24) is 19.7 Å². The van der Waals surface area contributed by atoms with Crippen molar-refractivity contribution in [3.8, 4) is 22.4 Å². The first-order chi connectivity index (χ1) is 16.5. The maximum absolute atomic E-state index is 14.0. The highest BCUT2D eigenvalue weighted by Crippen LogP contribution is 2.31. The molecule has 0 aliphatic carbocycles. The second-order valence-corrected chi connectivity index (χ2v) is 8.99. The molecule has 1 aliphatic heterocycles. The Morgan fingerprint density at radius 1 is 1.03 bits per heavy atom. The quantitative estimate of drug-likeness (QED) is 0.381. The van der Waals surface area contributed by atoms with E-state index < -0.39 is 0 Å². The van der Waals surface area contributed by atoms with E-state index in [-0.39, 0.29) is 18.0 Å². The molecule has 2 aromatic carbocycles. The monoisotopic (exact) mass is 452 g/mol. The summed E-state index contributed by atoms with van der Waals surface area (Å²) in [5, 5.41) is 4.32. The van der Waals surface area contributed by atoms with Gasteiger partial charge in [-0.25, -0.2) is 9.37 Å². The first-order valence-electron chi connectivity index (χ1n) is 11.5. The van der Waals surface area contributed by atoms with Crippen LogP contribution in [0.25, 0.3) is 38.9 Å². The number of morpholine rings is 1. The lowest BCUT2D eigenvalue weighted by Gasteiger charge is -2.28. The van der Waals surface area contributed by atoms with Gasteiger partial charge >= 0.3 is 0 Å². The topological polar surface area (TPSA) is 51.5 Å². The van der Waals surface area contributed by atoms with E-state index >= 15 is 0 Å². The number of fused-ring (bicyclic) bond motifs is 2. The van der Waals surface area contributed by atoms with Crippen LogP contribution in [0.15, 0.2) is 73.1 Å². The second-order valence-electron chi connectivity index (χ2n) is 8.99. The smallest absolute Gasteiger partial charge is 0.137 e. The first kappa shape index (κ1) is 21.0. The summed E-state index contributed by atoms with van der Waals surface area (Å²) in [6, 6.07) is 19.7. The molecule has 3 aromatic heterocycles. The number of imidazole rings is 1. The standard InChI is InChI=1S/C28H25FN4O/c1-17-11-24(23-13-22(29)7-8-25(23)32-17)27-15-31-28-12-21(9-10-33(27)28)19-3-5-20(6-4-19)26-16-34-18(2)14-30-26/h3-13,15,18,26,30H,14,16H2,1-2H3. The van der Waals surface area contributed by atoms with Gasteiger partial charge in [-0.3, -0.25) is 9.38 Å². The zero-order valence-corrected chi connectivity index (χ0v) is 19.1. The van der Waals surface area contributed by atoms with Gasteiger partial charge in [0.15, 0.2) is 0 Å². The lowest BCUT2D eigenvalue weighted by Crippen LogP contribution is -2.39. The highest BCUT2D eigenvalue weighted by atomic mass is 19.1. The summed E-state index contributed by atoms with van der Waals surface area (Å²) < 4.78 is 21.8. The number of nitrogens with one attached hydrogen (secondary N) is 1. The Morgan fingerprint density at radius 3 is 2.68 bits per heavy atom. The minimum Gasteiger partial charge on any atom is -0.375 e. The Bertz CT molecular complexity index is 1500. The third-order valence-corrected chi connectivity index (χ3v) is 6.53. The fourth-order valence-electron chi connectivity index (χ4n) is 4.71. The molecule has 1 N–H and O–H groups in total. The van der Waals surface area contributed by atoms with Gasteiger partial charge in [0.25, 0.3) is 0 Å². The van der Waals surface area contributed by atoms with E-state index in [0.717, 1.165) is 51.2 Å². The lowest BCUT2D eigenvalue weighted by molar-refractivity contribution is 0.0149. The van der Waals surface area contributed by atoms with Gasteiger partial charge in [-0.2, -0.15) is 0 Å². The number of halogens is 1. The van der Waals surface area contributed by atoms with Crippen molar-refractivity contribution in [3.05, 3.63) is 90.1 Å². The van der Waals surface area contributed by atoms with Gasteiger partial charge in [0, 0.05) is 29.4 Å². The Morgan fingerprint density at radius 2 is 1.88 bits per heavy atom. The summed E-state index contributed by atoms with van der Waals surface area (Å²) in [5.74, 6) is -0.275. The number of aromatic nitrogens is 3. The molecule has 4 heterocycles. The van der Waals surface area contributed by atoms with Gasteiger partial charge in [0.1, 0.15) is 11.5 Å². The Balaban J connectivity index is 1.35. The minimum absolute atomic E-state index is 0.228. The van der Waals surface area contributed by atoms with Crippen LogP contribution in [-0.2, 0) is 4.74 Å². The molecule has 6 heteroatoms. The normalized spacial score (nSPS) is 18.6. The summed E-state index contributed by atoms with van der Waals surface area (Å²) in [4.78, 5) is 9.22. The zero-order valence-electron chi connectivity index (χ0n) is 19.1. The van der Waals surface area contributed by atoms with Gasteiger partial charge in [-0.1, -0.05) is 24.3 Å². The SMILES string of the molecule is Cc1cc(-c2cnc3cc(-c4ccc(C5COC(C)CN5)cc4)ccn23)c2cc(F)ccc2n1. The summed E-state index contributed by atoms with van der Waals surface area (Å²) in [6.45, 7) is 5.59. The molecule has 2 unspecified atom stereocenters. The van der Waals surface area contributed by atoms with Crippen LogP contribution >= 0.6 is 0 Å². The van der Waals surface area contributed by atoms with Crippen molar-refractivity contribution in [2.24, 2.45) is 0 Å². The van der Waals surface area contributed by atoms with Crippen molar-refractivity contribution < 1.29 is 9.13 Å². The molecule has 1 saturated heterocycles. The molecule has 5 aromatic rings. The molecule has 0 saturated carbocycles. The van der Waals surface area contributed by atoms with Crippen LogP contribution in [0.4, 0.5) is 4.39 Å². The third kappa shape index (κ3) is 3.75. The molecular weight excluding hydrogens is 427 g/mol. The van der Waals surface area contributed by atoms with Crippen molar-refractivity contribution in [1.29, 1.82) is 0 Å². The van der Waals surface area contributed by atoms with E-state index in [2.05, 4.69) is 58.6 Å². The molecule has 0 bridgehead atoms. The number of aryl methyl sites for hydroxylation is 1. The Labute approximate surface area is 197 Å². The molecule has 5 nitrogen and oxygen atoms in total. The Kier molecular flexibility index (Phi) is 5.12. The van der Waals surface area contributed by atoms with E-state index in [1.54, 1.807) is 12.1 Å². The van der Waals surface area contributed by atoms with Crippen molar-refractivity contribution in [3.63, 3.8) is 0 Å². The molecule has 0 radical (unpaired) electrons. The van der Waals surface area contributed by atoms with Gasteiger partial charge in [-0.15, -0.1) is 0 Å². The largest absolute Gasteiger partial charge is 0.375 e. The van der Waals surface area contributed by atoms with E-state index in [0.29, 0.717) is 6.61 Å². The highest BCUT2D eigenvalue weighted by molar-refractivity contribution is 5.94. The fraction of sp³-hybridized carbons (Fsp3) is 0.214. The van der Waals surface area contributed by atoms with Gasteiger partial charge in [0.2, 0.25) is 0 Å². The van der Waals surface area contributed by atoms with E-state index in [1.807, 2.05) is 29.8 Å². The maximum Gasteiger partial charge on any atom is 0.137 e. The number of benzene rings is 2. The highest BCUT2D eigenvalue weighted by Gasteiger charge is 2.19. The number of rotatable bonds is 3. The van der Waals surface area contributed by atoms with E-state index in [1.165, 1.54) is 11.6 Å². The first-order valence-corrected chi connectivity index (χ1v) is 11.5. The third-order valence-electron chi connectivity index (χ3n) is 6.53. The van der Waals surface area contributed by atoms with Crippen LogP contribution in [0, 0.1) is 12.7 Å². The second kappa shape index (κ2) is 8.31. The summed E-state index contributed by atoms with van der Waals surface area (Å²) in [5.41, 5.74) is 7.79. The molecule has 170 valence electrons. The fourth-order valence-corrected chi connectivity index (χ4v) is 4.71. The van der Waals surface area contributed by atoms with E-state index in [4.69, 9.17) is 4.74 Å². The van der Waals surface area contributed by atoms with Crippen LogP contribution in [0.1, 0.15) is 24.2 Å². The molecule has 2 atom stereocenters. The predicted molar refractivity (Wildman–Crippen MR) is 132 cm³/mol. The molecule has 0 spiro atoms. The van der Waals surface area contributed by atoms with Crippen LogP contribution < -0.4 is 5.32 Å². The molecule has 6 rings (SSSR count). The predicted octanol–water partition coefficient (Wildman–Crippen LogP) is 5.71. The number of pyridine rings is 2. The van der Waals surface area contributed by atoms with Crippen LogP contribution in [0.5, 0.6) is 0 Å². The van der Waals surface area contributed by atoms with Gasteiger partial charge < -0.3 is 10.1 Å². The van der Waals surface area contributed by atoms with E-state index in [9.17, 15) is 4.39 Å². The van der Waals surface area contributed by atoms with Gasteiger partial charge in [0.05, 0.1) is 36.2 Å². The van der Waals surface area contributed by atoms with Crippen molar-refractivity contribution >= 4 is 16.6 Å². The molecule has 1 aliphatic rings. The number of nitrogens with zero attached hydrogens (tertiary/aromatic N) is 3. The average Bonchev–Trinajstić information content (AvgIpc) is 3.27. The minimum atomic E-state index is -0.275. The molecular formula is C28H25FN4O. The Hall–Kier alpha value is -3.61. The number of hydrogen-bond acceptors (Lipinski definition) is 4. The van der Waals surface area contributed by atoms with Crippen LogP contribution in [-0.4, -0.2) is 33.6 Å². The maximum atomic E-state index is 14.0. The zero-order chi connectivity index (χ0) is 23.2. The summed E-state index contributed by atoms with van der Waals surface area (Å²) in [7, 11) is 0. The molecule has 1 fully saturated rings. The van der Waals surface area contributed by atoms with Crippen molar-refractivity contribution in [2.75, 3.05) is 13.2 Å². The number of hydrogen-bond donors (Lipinski definition) is 1. The molecule has 34 heavy (non-hydrogen) atoms. The van der Waals surface area contributed by atoms with Crippen LogP contribution in [0.3, 0.4) is 0 Å². The van der Waals surface area contributed by atoms with Crippen molar-refractivity contribution in [2.45, 2.75) is 26.0 Å². The number of ether oxygens (including phenoxy) is 1. The van der Waals surface area contributed by atoms with Crippen LogP contribution in [0.2, 0.25) is 0 Å². The lowest BCUT2D eigenvalue weighted by atomic mass is 10.0. The summed E-state index contributed by atoms with van der Waals surface area (Å²) >= 11 is 0.